The summed E-state index contributed by atoms with van der Waals surface area (Å²) in [6, 6.07) is 0. The molecule has 0 aromatic rings. The van der Waals surface area contributed by atoms with Crippen LogP contribution in [-0.2, 0) is 21.7 Å². The molecule has 0 aliphatic carbocycles. The molecule has 0 unspecified atom stereocenters. The first-order valence-corrected chi connectivity index (χ1v) is 2.99. The van der Waals surface area contributed by atoms with E-state index in [1.165, 1.54) is 0 Å². The fourth-order valence-electron chi connectivity index (χ4n) is 0. The normalized spacial score (nSPS) is 6.67. The third-order valence-corrected chi connectivity index (χ3v) is 0.408. The van der Waals surface area contributed by atoms with Crippen LogP contribution in [0.15, 0.2) is 0 Å². The Bertz CT molecular complexity index is 19.0. The van der Waals surface area contributed by atoms with Crippen molar-refractivity contribution in [3.63, 3.8) is 0 Å². The summed E-state index contributed by atoms with van der Waals surface area (Å²) in [4.78, 5) is 0. The summed E-state index contributed by atoms with van der Waals surface area (Å²) in [7, 11) is 0. The quantitative estimate of drug-likeness (QED) is 0.519. The fraction of sp³-hybridized carbons (Fsp3) is 1.00. The van der Waals surface area contributed by atoms with Crippen molar-refractivity contribution in [1.82, 2.24) is 0 Å². The van der Waals surface area contributed by atoms with Crippen molar-refractivity contribution in [1.29, 1.82) is 0 Å². The largest absolute Gasteiger partial charge is 4.00 e. The minimum Gasteiger partial charge on any atom is -0.854 e. The van der Waals surface area contributed by atoms with Gasteiger partial charge in [0, 0.05) is 0 Å². The van der Waals surface area contributed by atoms with Crippen molar-refractivity contribution in [2.45, 2.75) is 26.7 Å². The Morgan fingerprint density at radius 1 is 0.889 bits per heavy atom. The minimum atomic E-state index is 0. The average Bonchev–Trinajstić information content (AvgIpc) is 1.88. The van der Waals surface area contributed by atoms with Gasteiger partial charge >= 0.3 is 21.7 Å². The summed E-state index contributed by atoms with van der Waals surface area (Å²) in [6.07, 6.45) is 1.53. The van der Waals surface area contributed by atoms with Crippen LogP contribution in [0.3, 0.4) is 0 Å². The summed E-state index contributed by atoms with van der Waals surface area (Å²) >= 11 is 0. The van der Waals surface area contributed by atoms with Crippen LogP contribution >= 0.6 is 0 Å². The first-order chi connectivity index (χ1) is 3.83. The molecule has 0 aromatic carbocycles. The van der Waals surface area contributed by atoms with Crippen LogP contribution < -0.4 is 10.2 Å². The molecule has 0 saturated heterocycles. The van der Waals surface area contributed by atoms with Crippen LogP contribution in [0.25, 0.3) is 0 Å². The summed E-state index contributed by atoms with van der Waals surface area (Å²) in [6.45, 7) is 3.88. The second-order valence-corrected chi connectivity index (χ2v) is 1.41. The van der Waals surface area contributed by atoms with Crippen LogP contribution in [0.4, 0.5) is 0 Å². The zero-order chi connectivity index (χ0) is 6.83. The van der Waals surface area contributed by atoms with E-state index < -0.39 is 0 Å². The van der Waals surface area contributed by atoms with E-state index in [4.69, 9.17) is 0 Å². The maximum atomic E-state index is 9.30. The van der Waals surface area contributed by atoms with Gasteiger partial charge in [-0.25, -0.2) is 0 Å². The first-order valence-electron chi connectivity index (χ1n) is 2.99. The maximum absolute atomic E-state index is 9.30. The number of hydrogen-bond acceptors (Lipinski definition) is 2. The van der Waals surface area contributed by atoms with Crippen LogP contribution in [0, 0.1) is 0 Å². The Morgan fingerprint density at radius 2 is 1.00 bits per heavy atom. The molecule has 0 spiro atoms. The zero-order valence-corrected chi connectivity index (χ0v) is 7.71. The van der Waals surface area contributed by atoms with Gasteiger partial charge in [0.1, 0.15) is 0 Å². The van der Waals surface area contributed by atoms with Gasteiger partial charge < -0.3 is 10.2 Å². The minimum absolute atomic E-state index is 0. The predicted molar refractivity (Wildman–Crippen MR) is 30.3 cm³/mol. The molecule has 52 valence electrons. The van der Waals surface area contributed by atoms with E-state index in [0.29, 0.717) is 0 Å². The SMILES string of the molecule is CCC[O-].CCC[O-].[Ti+4]. The van der Waals surface area contributed by atoms with E-state index in [1.54, 1.807) is 0 Å². The van der Waals surface area contributed by atoms with Crippen molar-refractivity contribution < 1.29 is 31.9 Å². The van der Waals surface area contributed by atoms with Gasteiger partial charge in [0.25, 0.3) is 0 Å². The van der Waals surface area contributed by atoms with E-state index in [9.17, 15) is 10.2 Å². The second-order valence-electron chi connectivity index (χ2n) is 1.41. The molecule has 0 fully saturated rings. The zero-order valence-electron chi connectivity index (χ0n) is 6.14. The van der Waals surface area contributed by atoms with E-state index in [1.807, 2.05) is 13.8 Å². The summed E-state index contributed by atoms with van der Waals surface area (Å²) < 4.78 is 0. The summed E-state index contributed by atoms with van der Waals surface area (Å²) in [5.41, 5.74) is 0. The van der Waals surface area contributed by atoms with Crippen LogP contribution in [0.5, 0.6) is 0 Å². The molecule has 2 nitrogen and oxygen atoms in total. The van der Waals surface area contributed by atoms with E-state index in [2.05, 4.69) is 0 Å². The van der Waals surface area contributed by atoms with Gasteiger partial charge in [-0.2, -0.15) is 0 Å². The van der Waals surface area contributed by atoms with Crippen LogP contribution in [0.1, 0.15) is 26.7 Å². The third-order valence-electron chi connectivity index (χ3n) is 0.408. The van der Waals surface area contributed by atoms with Gasteiger partial charge in [0.2, 0.25) is 0 Å². The molecule has 0 radical (unpaired) electrons. The second kappa shape index (κ2) is 23.4. The molecule has 0 N–H and O–H groups in total. The molecule has 0 amide bonds. The Hall–Kier alpha value is 0.634. The molecule has 0 rings (SSSR count). The molecular weight excluding hydrogens is 152 g/mol. The standard InChI is InChI=1S/2C3H7O.Ti/c2*1-2-3-4;/h2*2-3H2,1H3;/q2*-1;+4. The maximum Gasteiger partial charge on any atom is 4.00 e. The molecule has 0 aromatic heterocycles. The molecule has 0 atom stereocenters. The van der Waals surface area contributed by atoms with Crippen LogP contribution in [-0.4, -0.2) is 13.2 Å². The molecule has 3 heteroatoms. The van der Waals surface area contributed by atoms with Crippen molar-refractivity contribution >= 4 is 0 Å². The Morgan fingerprint density at radius 3 is 1.00 bits per heavy atom. The van der Waals surface area contributed by atoms with Gasteiger partial charge in [0.15, 0.2) is 0 Å². The molecule has 0 saturated carbocycles. The molecular formula is C6H14O2Ti+2. The summed E-state index contributed by atoms with van der Waals surface area (Å²) in [5, 5.41) is 18.6. The number of hydrogen-bond donors (Lipinski definition) is 0. The van der Waals surface area contributed by atoms with Crippen molar-refractivity contribution in [3.8, 4) is 0 Å². The smallest absolute Gasteiger partial charge is 0.854 e. The number of rotatable bonds is 2. The molecule has 0 aliphatic rings. The van der Waals surface area contributed by atoms with Gasteiger partial charge in [0.05, 0.1) is 0 Å². The van der Waals surface area contributed by atoms with Gasteiger partial charge in [-0.1, -0.05) is 26.7 Å². The Labute approximate surface area is 72.2 Å². The molecule has 9 heavy (non-hydrogen) atoms. The third kappa shape index (κ3) is 54.8. The molecule has 0 aliphatic heterocycles. The van der Waals surface area contributed by atoms with Crippen molar-refractivity contribution in [3.05, 3.63) is 0 Å². The van der Waals surface area contributed by atoms with Crippen molar-refractivity contribution in [2.75, 3.05) is 13.2 Å². The topological polar surface area (TPSA) is 46.1 Å². The fourth-order valence-corrected chi connectivity index (χ4v) is 0. The average molecular weight is 166 g/mol. The van der Waals surface area contributed by atoms with Gasteiger partial charge in [-0.05, 0) is 0 Å². The van der Waals surface area contributed by atoms with Gasteiger partial charge in [-0.3, -0.25) is 0 Å². The van der Waals surface area contributed by atoms with E-state index in [-0.39, 0.29) is 34.9 Å². The Kier molecular flexibility index (Phi) is 42.5. The first kappa shape index (κ1) is 16.3. The van der Waals surface area contributed by atoms with Crippen LogP contribution in [0.2, 0.25) is 0 Å². The molecule has 0 heterocycles. The van der Waals surface area contributed by atoms with E-state index >= 15 is 0 Å². The van der Waals surface area contributed by atoms with Gasteiger partial charge in [-0.15, -0.1) is 13.2 Å². The van der Waals surface area contributed by atoms with E-state index in [0.717, 1.165) is 12.8 Å². The monoisotopic (exact) mass is 166 g/mol. The Balaban J connectivity index is -0.0000000720. The predicted octanol–water partition coefficient (Wildman–Crippen LogP) is -0.489. The summed E-state index contributed by atoms with van der Waals surface area (Å²) in [5.74, 6) is 0. The van der Waals surface area contributed by atoms with Crippen molar-refractivity contribution in [2.24, 2.45) is 0 Å². The molecule has 0 bridgehead atoms.